The number of aromatic nitrogens is 2. The highest BCUT2D eigenvalue weighted by atomic mass is 15.3. The van der Waals surface area contributed by atoms with Crippen LogP contribution in [0.25, 0.3) is 0 Å². The number of hydrogen-bond acceptors (Lipinski definition) is 4. The lowest BCUT2D eigenvalue weighted by Crippen LogP contribution is -2.33. The molecule has 4 heteroatoms. The van der Waals surface area contributed by atoms with Crippen LogP contribution in [-0.4, -0.2) is 33.5 Å². The van der Waals surface area contributed by atoms with Gasteiger partial charge in [0.15, 0.2) is 0 Å². The molecular weight excluding hydrogens is 200 g/mol. The molecule has 1 aliphatic carbocycles. The molecule has 1 saturated carbocycles. The van der Waals surface area contributed by atoms with Gasteiger partial charge < -0.3 is 5.73 Å². The van der Waals surface area contributed by atoms with Crippen LogP contribution in [0, 0.1) is 6.92 Å². The molecule has 0 bridgehead atoms. The Labute approximate surface area is 95.9 Å². The topological polar surface area (TPSA) is 55.0 Å². The first-order valence-corrected chi connectivity index (χ1v) is 6.06. The third-order valence-electron chi connectivity index (χ3n) is 3.60. The number of rotatable bonds is 2. The minimum atomic E-state index is 0.231. The molecular formula is C12H18N4. The van der Waals surface area contributed by atoms with Crippen molar-refractivity contribution in [3.63, 3.8) is 0 Å². The van der Waals surface area contributed by atoms with Crippen LogP contribution in [0.2, 0.25) is 0 Å². The summed E-state index contributed by atoms with van der Waals surface area (Å²) < 4.78 is 0. The second-order valence-corrected chi connectivity index (χ2v) is 4.90. The molecule has 2 heterocycles. The number of hydrogen-bond donors (Lipinski definition) is 1. The van der Waals surface area contributed by atoms with Gasteiger partial charge in [-0.15, -0.1) is 0 Å². The summed E-state index contributed by atoms with van der Waals surface area (Å²) in [6, 6.07) is 3.32. The van der Waals surface area contributed by atoms with E-state index in [2.05, 4.69) is 14.9 Å². The largest absolute Gasteiger partial charge is 0.326 e. The summed E-state index contributed by atoms with van der Waals surface area (Å²) in [4.78, 5) is 11.2. The van der Waals surface area contributed by atoms with Crippen LogP contribution < -0.4 is 5.73 Å². The highest BCUT2D eigenvalue weighted by molar-refractivity contribution is 5.14. The lowest BCUT2D eigenvalue weighted by atomic mass is 10.1. The van der Waals surface area contributed by atoms with Crippen molar-refractivity contribution in [3.8, 4) is 0 Å². The van der Waals surface area contributed by atoms with Gasteiger partial charge >= 0.3 is 0 Å². The maximum atomic E-state index is 6.21. The normalized spacial score (nSPS) is 30.9. The van der Waals surface area contributed by atoms with Gasteiger partial charge in [-0.25, -0.2) is 9.97 Å². The van der Waals surface area contributed by atoms with Gasteiger partial charge in [0.2, 0.25) is 0 Å². The predicted octanol–water partition coefficient (Wildman–Crippen LogP) is 1.02. The molecule has 0 amide bonds. The van der Waals surface area contributed by atoms with E-state index in [9.17, 15) is 0 Å². The Morgan fingerprint density at radius 1 is 1.38 bits per heavy atom. The zero-order chi connectivity index (χ0) is 11.1. The Kier molecular flexibility index (Phi) is 2.41. The summed E-state index contributed by atoms with van der Waals surface area (Å²) in [7, 11) is 0. The van der Waals surface area contributed by atoms with E-state index in [4.69, 9.17) is 5.73 Å². The standard InChI is InChI=1S/C12H18N4/c1-8-14-6-4-11(15-8)12-10(13)5-7-16(12)9-2-3-9/h4,6,9-10,12H,2-3,5,7,13H2,1H3. The SMILES string of the molecule is Cc1nccc(C2C(N)CCN2C2CC2)n1. The summed E-state index contributed by atoms with van der Waals surface area (Å²) in [5.74, 6) is 0.840. The summed E-state index contributed by atoms with van der Waals surface area (Å²) in [6.07, 6.45) is 5.58. The zero-order valence-corrected chi connectivity index (χ0v) is 9.63. The molecule has 2 atom stereocenters. The van der Waals surface area contributed by atoms with Crippen molar-refractivity contribution >= 4 is 0 Å². The number of likely N-dealkylation sites (tertiary alicyclic amines) is 1. The average molecular weight is 218 g/mol. The van der Waals surface area contributed by atoms with Crippen molar-refractivity contribution < 1.29 is 0 Å². The molecule has 86 valence electrons. The maximum Gasteiger partial charge on any atom is 0.125 e. The predicted molar refractivity (Wildman–Crippen MR) is 61.8 cm³/mol. The monoisotopic (exact) mass is 218 g/mol. The molecule has 2 aliphatic rings. The van der Waals surface area contributed by atoms with Gasteiger partial charge in [-0.2, -0.15) is 0 Å². The number of nitrogens with zero attached hydrogens (tertiary/aromatic N) is 3. The van der Waals surface area contributed by atoms with E-state index in [1.807, 2.05) is 19.2 Å². The molecule has 4 nitrogen and oxygen atoms in total. The highest BCUT2D eigenvalue weighted by Gasteiger charge is 2.41. The third-order valence-corrected chi connectivity index (χ3v) is 3.60. The second kappa shape index (κ2) is 3.79. The van der Waals surface area contributed by atoms with Crippen molar-refractivity contribution in [1.82, 2.24) is 14.9 Å². The van der Waals surface area contributed by atoms with Crippen LogP contribution >= 0.6 is 0 Å². The average Bonchev–Trinajstić information content (AvgIpc) is 3.02. The van der Waals surface area contributed by atoms with Crippen LogP contribution in [0.1, 0.15) is 36.8 Å². The minimum absolute atomic E-state index is 0.231. The van der Waals surface area contributed by atoms with E-state index in [-0.39, 0.29) is 6.04 Å². The Hall–Kier alpha value is -1.00. The van der Waals surface area contributed by atoms with E-state index < -0.39 is 0 Å². The summed E-state index contributed by atoms with van der Waals surface area (Å²) in [5, 5.41) is 0. The Morgan fingerprint density at radius 3 is 2.88 bits per heavy atom. The second-order valence-electron chi connectivity index (χ2n) is 4.90. The summed E-state index contributed by atoms with van der Waals surface area (Å²) >= 11 is 0. The zero-order valence-electron chi connectivity index (χ0n) is 9.63. The van der Waals surface area contributed by atoms with Crippen LogP contribution in [0.4, 0.5) is 0 Å². The molecule has 2 fully saturated rings. The van der Waals surface area contributed by atoms with Crippen molar-refractivity contribution in [2.45, 2.75) is 44.3 Å². The molecule has 0 aromatic carbocycles. The maximum absolute atomic E-state index is 6.21. The van der Waals surface area contributed by atoms with Crippen molar-refractivity contribution in [1.29, 1.82) is 0 Å². The fourth-order valence-electron chi connectivity index (χ4n) is 2.69. The molecule has 1 aliphatic heterocycles. The quantitative estimate of drug-likeness (QED) is 0.805. The van der Waals surface area contributed by atoms with Crippen LogP contribution in [0.3, 0.4) is 0 Å². The number of aryl methyl sites for hydroxylation is 1. The molecule has 16 heavy (non-hydrogen) atoms. The van der Waals surface area contributed by atoms with Gasteiger partial charge in [0, 0.05) is 24.8 Å². The highest BCUT2D eigenvalue weighted by Crippen LogP contribution is 2.39. The van der Waals surface area contributed by atoms with Gasteiger partial charge in [-0.1, -0.05) is 0 Å². The van der Waals surface area contributed by atoms with E-state index >= 15 is 0 Å². The van der Waals surface area contributed by atoms with Crippen LogP contribution in [0.5, 0.6) is 0 Å². The van der Waals surface area contributed by atoms with Gasteiger partial charge in [0.25, 0.3) is 0 Å². The minimum Gasteiger partial charge on any atom is -0.326 e. The van der Waals surface area contributed by atoms with Gasteiger partial charge in [0.05, 0.1) is 11.7 Å². The number of nitrogens with two attached hydrogens (primary N) is 1. The Morgan fingerprint density at radius 2 is 2.19 bits per heavy atom. The van der Waals surface area contributed by atoms with Crippen LogP contribution in [0.15, 0.2) is 12.3 Å². The van der Waals surface area contributed by atoms with Gasteiger partial charge in [0.1, 0.15) is 5.82 Å². The van der Waals surface area contributed by atoms with Crippen molar-refractivity contribution in [2.24, 2.45) is 5.73 Å². The van der Waals surface area contributed by atoms with E-state index in [1.165, 1.54) is 12.8 Å². The van der Waals surface area contributed by atoms with Gasteiger partial charge in [-0.3, -0.25) is 4.90 Å². The first-order chi connectivity index (χ1) is 7.75. The molecule has 0 radical (unpaired) electrons. The molecule has 2 N–H and O–H groups in total. The Balaban J connectivity index is 1.90. The molecule has 1 aromatic rings. The first-order valence-electron chi connectivity index (χ1n) is 6.06. The molecule has 2 unspecified atom stereocenters. The third kappa shape index (κ3) is 1.72. The summed E-state index contributed by atoms with van der Waals surface area (Å²) in [5.41, 5.74) is 7.32. The lowest BCUT2D eigenvalue weighted by Gasteiger charge is -2.26. The molecule has 3 rings (SSSR count). The molecule has 0 spiro atoms. The Bertz CT molecular complexity index is 388. The van der Waals surface area contributed by atoms with Crippen molar-refractivity contribution in [2.75, 3.05) is 6.54 Å². The smallest absolute Gasteiger partial charge is 0.125 e. The van der Waals surface area contributed by atoms with Crippen LogP contribution in [-0.2, 0) is 0 Å². The van der Waals surface area contributed by atoms with E-state index in [0.717, 1.165) is 30.5 Å². The first kappa shape index (κ1) is 10.2. The lowest BCUT2D eigenvalue weighted by molar-refractivity contribution is 0.233. The van der Waals surface area contributed by atoms with E-state index in [1.54, 1.807) is 0 Å². The fraction of sp³-hybridized carbons (Fsp3) is 0.667. The van der Waals surface area contributed by atoms with E-state index in [0.29, 0.717) is 6.04 Å². The molecule has 1 saturated heterocycles. The fourth-order valence-corrected chi connectivity index (χ4v) is 2.69. The van der Waals surface area contributed by atoms with Crippen molar-refractivity contribution in [3.05, 3.63) is 23.8 Å². The summed E-state index contributed by atoms with van der Waals surface area (Å²) in [6.45, 7) is 3.06. The molecule has 1 aromatic heterocycles. The van der Waals surface area contributed by atoms with Gasteiger partial charge in [-0.05, 0) is 32.3 Å².